The second kappa shape index (κ2) is 8.96. The van der Waals surface area contributed by atoms with Gasteiger partial charge in [0.25, 0.3) is 0 Å². The van der Waals surface area contributed by atoms with Gasteiger partial charge in [0.15, 0.2) is 4.34 Å². The van der Waals surface area contributed by atoms with Crippen LogP contribution >= 0.6 is 23.1 Å². The van der Waals surface area contributed by atoms with Crippen molar-refractivity contribution in [3.05, 3.63) is 71.3 Å². The van der Waals surface area contributed by atoms with Gasteiger partial charge in [-0.05, 0) is 24.0 Å². The summed E-state index contributed by atoms with van der Waals surface area (Å²) >= 11 is 3.05. The summed E-state index contributed by atoms with van der Waals surface area (Å²) in [5.74, 6) is 0.973. The second-order valence-electron chi connectivity index (χ2n) is 6.21. The van der Waals surface area contributed by atoms with E-state index < -0.39 is 0 Å². The first-order valence-corrected chi connectivity index (χ1v) is 10.3. The Morgan fingerprint density at radius 1 is 1.12 bits per heavy atom. The quantitative estimate of drug-likeness (QED) is 0.446. The van der Waals surface area contributed by atoms with Crippen LogP contribution in [0.15, 0.2) is 58.9 Å². The van der Waals surface area contributed by atoms with Crippen LogP contribution in [0, 0.1) is 6.92 Å². The molecule has 3 aromatic rings. The van der Waals surface area contributed by atoms with Gasteiger partial charge < -0.3 is 5.32 Å². The number of carbonyl (C=O) groups is 1. The van der Waals surface area contributed by atoms with Gasteiger partial charge in [0, 0.05) is 12.2 Å². The van der Waals surface area contributed by atoms with Gasteiger partial charge in [-0.15, -0.1) is 10.2 Å². The van der Waals surface area contributed by atoms with Crippen molar-refractivity contribution in [2.75, 3.05) is 5.32 Å². The van der Waals surface area contributed by atoms with E-state index in [0.717, 1.165) is 15.7 Å². The third kappa shape index (κ3) is 5.41. The Bertz CT molecular complexity index is 847. The summed E-state index contributed by atoms with van der Waals surface area (Å²) in [6, 6.07) is 18.5. The molecule has 0 saturated heterocycles. The average molecular weight is 384 g/mol. The number of aromatic nitrogens is 2. The molecule has 26 heavy (non-hydrogen) atoms. The molecule has 4 nitrogen and oxygen atoms in total. The molecule has 0 fully saturated rings. The van der Waals surface area contributed by atoms with Gasteiger partial charge in [0.2, 0.25) is 11.0 Å². The highest BCUT2D eigenvalue weighted by atomic mass is 32.2. The van der Waals surface area contributed by atoms with Crippen LogP contribution in [0.3, 0.4) is 0 Å². The predicted molar refractivity (Wildman–Crippen MR) is 109 cm³/mol. The summed E-state index contributed by atoms with van der Waals surface area (Å²) in [6.07, 6.45) is 0.426. The number of aryl methyl sites for hydroxylation is 1. The highest BCUT2D eigenvalue weighted by molar-refractivity contribution is 8.00. The lowest BCUT2D eigenvalue weighted by Gasteiger charge is -2.10. The summed E-state index contributed by atoms with van der Waals surface area (Å²) in [6.45, 7) is 4.13. The van der Waals surface area contributed by atoms with Gasteiger partial charge >= 0.3 is 0 Å². The maximum Gasteiger partial charge on any atom is 0.226 e. The molecule has 0 saturated carbocycles. The molecule has 0 aliphatic carbocycles. The molecule has 2 aromatic carbocycles. The monoisotopic (exact) mass is 383 g/mol. The number of hydrogen-bond acceptors (Lipinski definition) is 5. The normalized spacial score (nSPS) is 11.9. The fraction of sp³-hybridized carbons (Fsp3) is 0.250. The van der Waals surface area contributed by atoms with Crippen LogP contribution in [0.1, 0.15) is 36.0 Å². The number of thioether (sulfide) groups is 1. The molecular formula is C20H21N3OS2. The van der Waals surface area contributed by atoms with E-state index in [4.69, 9.17) is 0 Å². The zero-order valence-electron chi connectivity index (χ0n) is 14.8. The predicted octanol–water partition coefficient (Wildman–Crippen LogP) is 5.27. The first-order chi connectivity index (χ1) is 12.6. The number of anilines is 1. The zero-order valence-corrected chi connectivity index (χ0v) is 16.4. The van der Waals surface area contributed by atoms with Crippen molar-refractivity contribution in [2.45, 2.75) is 36.3 Å². The maximum absolute atomic E-state index is 12.2. The van der Waals surface area contributed by atoms with Gasteiger partial charge in [0.1, 0.15) is 0 Å². The van der Waals surface area contributed by atoms with Crippen molar-refractivity contribution in [3.8, 4) is 0 Å². The van der Waals surface area contributed by atoms with E-state index in [1.54, 1.807) is 11.8 Å². The first kappa shape index (κ1) is 18.6. The van der Waals surface area contributed by atoms with Crippen LogP contribution in [0.4, 0.5) is 5.13 Å². The van der Waals surface area contributed by atoms with Gasteiger partial charge in [-0.3, -0.25) is 4.79 Å². The van der Waals surface area contributed by atoms with Crippen molar-refractivity contribution in [3.63, 3.8) is 0 Å². The van der Waals surface area contributed by atoms with E-state index in [9.17, 15) is 4.79 Å². The molecule has 1 aromatic heterocycles. The molecule has 3 rings (SSSR count). The topological polar surface area (TPSA) is 54.9 Å². The molecule has 0 aliphatic heterocycles. The smallest absolute Gasteiger partial charge is 0.226 e. The van der Waals surface area contributed by atoms with Crippen LogP contribution in [0.2, 0.25) is 0 Å². The van der Waals surface area contributed by atoms with Crippen LogP contribution < -0.4 is 5.32 Å². The Morgan fingerprint density at radius 3 is 2.58 bits per heavy atom. The largest absolute Gasteiger partial charge is 0.300 e. The summed E-state index contributed by atoms with van der Waals surface area (Å²) < 4.78 is 0.858. The van der Waals surface area contributed by atoms with Gasteiger partial charge in [-0.1, -0.05) is 90.2 Å². The summed E-state index contributed by atoms with van der Waals surface area (Å²) in [5, 5.41) is 11.7. The summed E-state index contributed by atoms with van der Waals surface area (Å²) in [5.41, 5.74) is 3.66. The highest BCUT2D eigenvalue weighted by Gasteiger charge is 2.13. The lowest BCUT2D eigenvalue weighted by atomic mass is 9.98. The van der Waals surface area contributed by atoms with E-state index >= 15 is 0 Å². The minimum absolute atomic E-state index is 0.0346. The second-order valence-corrected chi connectivity index (χ2v) is 8.41. The number of nitrogens with zero attached hydrogens (tertiary/aromatic N) is 2. The Morgan fingerprint density at radius 2 is 1.85 bits per heavy atom. The molecule has 0 unspecified atom stereocenters. The Kier molecular flexibility index (Phi) is 6.41. The van der Waals surface area contributed by atoms with Gasteiger partial charge in [-0.25, -0.2) is 0 Å². The van der Waals surface area contributed by atoms with Crippen molar-refractivity contribution in [1.29, 1.82) is 0 Å². The van der Waals surface area contributed by atoms with Crippen LogP contribution in [0.25, 0.3) is 0 Å². The third-order valence-electron chi connectivity index (χ3n) is 4.00. The molecule has 0 bridgehead atoms. The minimum atomic E-state index is -0.0346. The molecule has 1 N–H and O–H groups in total. The molecule has 0 aliphatic rings. The van der Waals surface area contributed by atoms with Gasteiger partial charge in [-0.2, -0.15) is 0 Å². The van der Waals surface area contributed by atoms with Crippen molar-refractivity contribution >= 4 is 34.1 Å². The molecule has 0 spiro atoms. The van der Waals surface area contributed by atoms with Crippen molar-refractivity contribution in [1.82, 2.24) is 10.2 Å². The van der Waals surface area contributed by atoms with Gasteiger partial charge in [0.05, 0.1) is 0 Å². The number of carbonyl (C=O) groups excluding carboxylic acids is 1. The highest BCUT2D eigenvalue weighted by Crippen LogP contribution is 2.29. The van der Waals surface area contributed by atoms with Crippen LogP contribution in [0.5, 0.6) is 0 Å². The number of benzene rings is 2. The van der Waals surface area contributed by atoms with E-state index in [0.29, 0.717) is 11.6 Å². The number of nitrogens with one attached hydrogen (secondary N) is 1. The average Bonchev–Trinajstić information content (AvgIpc) is 3.09. The SMILES string of the molecule is Cc1ccc(CSc2nnc(NC(=O)C[C@@H](C)c3ccccc3)s2)cc1. The molecule has 1 heterocycles. The summed E-state index contributed by atoms with van der Waals surface area (Å²) in [4.78, 5) is 12.2. The summed E-state index contributed by atoms with van der Waals surface area (Å²) in [7, 11) is 0. The van der Waals surface area contributed by atoms with Crippen molar-refractivity contribution in [2.24, 2.45) is 0 Å². The molecule has 1 amide bonds. The Balaban J connectivity index is 1.49. The molecule has 6 heteroatoms. The van der Waals surface area contributed by atoms with E-state index in [1.807, 2.05) is 30.3 Å². The lowest BCUT2D eigenvalue weighted by Crippen LogP contribution is -2.14. The molecular weight excluding hydrogens is 362 g/mol. The minimum Gasteiger partial charge on any atom is -0.300 e. The number of amides is 1. The van der Waals surface area contributed by atoms with E-state index in [2.05, 4.69) is 53.6 Å². The lowest BCUT2D eigenvalue weighted by molar-refractivity contribution is -0.116. The molecule has 1 atom stereocenters. The zero-order chi connectivity index (χ0) is 18.4. The maximum atomic E-state index is 12.2. The third-order valence-corrected chi connectivity index (χ3v) is 6.04. The standard InChI is InChI=1S/C20H21N3OS2/c1-14-8-10-16(11-9-14)13-25-20-23-22-19(26-20)21-18(24)12-15(2)17-6-4-3-5-7-17/h3-11,15H,12-13H2,1-2H3,(H,21,22,24)/t15-/m1/s1. The van der Waals surface area contributed by atoms with Crippen molar-refractivity contribution < 1.29 is 4.79 Å². The fourth-order valence-electron chi connectivity index (χ4n) is 2.50. The van der Waals surface area contributed by atoms with E-state index in [-0.39, 0.29) is 11.8 Å². The number of hydrogen-bond donors (Lipinski definition) is 1. The number of rotatable bonds is 7. The van der Waals surface area contributed by atoms with Crippen LogP contribution in [-0.4, -0.2) is 16.1 Å². The van der Waals surface area contributed by atoms with E-state index in [1.165, 1.54) is 22.5 Å². The fourth-order valence-corrected chi connectivity index (χ4v) is 4.22. The Labute approximate surface area is 162 Å². The molecule has 134 valence electrons. The Hall–Kier alpha value is -2.18. The molecule has 0 radical (unpaired) electrons. The first-order valence-electron chi connectivity index (χ1n) is 8.47. The van der Waals surface area contributed by atoms with Crippen LogP contribution in [-0.2, 0) is 10.5 Å².